The second-order valence-electron chi connectivity index (χ2n) is 3.43. The molecule has 0 heterocycles. The van der Waals surface area contributed by atoms with Crippen molar-refractivity contribution in [2.75, 3.05) is 11.1 Å². The minimum absolute atomic E-state index is 0.119. The van der Waals surface area contributed by atoms with Gasteiger partial charge in [0.2, 0.25) is 5.91 Å². The van der Waals surface area contributed by atoms with Gasteiger partial charge in [-0.2, -0.15) is 0 Å². The first kappa shape index (κ1) is 13.1. The van der Waals surface area contributed by atoms with Crippen molar-refractivity contribution in [3.05, 3.63) is 24.3 Å². The smallest absolute Gasteiger partial charge is 0.241 e. The third-order valence-corrected chi connectivity index (χ3v) is 3.18. The molecule has 0 aromatic heterocycles. The zero-order valence-corrected chi connectivity index (χ0v) is 10.5. The number of thioether (sulfide) groups is 1. The Morgan fingerprint density at radius 2 is 2.12 bits per heavy atom. The highest BCUT2D eigenvalue weighted by Crippen LogP contribution is 2.26. The molecule has 1 atom stereocenters. The van der Waals surface area contributed by atoms with E-state index in [2.05, 4.69) is 12.2 Å². The van der Waals surface area contributed by atoms with Crippen LogP contribution in [0, 0.1) is 0 Å². The zero-order chi connectivity index (χ0) is 12.0. The minimum atomic E-state index is -0.431. The molecule has 16 heavy (non-hydrogen) atoms. The Balaban J connectivity index is 2.76. The fourth-order valence-electron chi connectivity index (χ4n) is 1.26. The van der Waals surface area contributed by atoms with Crippen LogP contribution < -0.4 is 11.1 Å². The van der Waals surface area contributed by atoms with Crippen LogP contribution in [0.3, 0.4) is 0 Å². The van der Waals surface area contributed by atoms with Crippen molar-refractivity contribution in [1.29, 1.82) is 0 Å². The number of para-hydroxylation sites is 1. The number of anilines is 1. The fourth-order valence-corrected chi connectivity index (χ4v) is 2.02. The van der Waals surface area contributed by atoms with Crippen molar-refractivity contribution in [3.8, 4) is 0 Å². The van der Waals surface area contributed by atoms with Gasteiger partial charge in [0, 0.05) is 4.90 Å². The molecule has 1 rings (SSSR count). The minimum Gasteiger partial charge on any atom is -0.324 e. The predicted molar refractivity (Wildman–Crippen MR) is 69.7 cm³/mol. The summed E-state index contributed by atoms with van der Waals surface area (Å²) in [5.41, 5.74) is 6.52. The number of hydrogen-bond acceptors (Lipinski definition) is 3. The molecule has 0 spiro atoms. The van der Waals surface area contributed by atoms with E-state index >= 15 is 0 Å². The Hall–Kier alpha value is -1.00. The molecule has 1 aromatic carbocycles. The van der Waals surface area contributed by atoms with Gasteiger partial charge in [0.1, 0.15) is 0 Å². The third-order valence-electron chi connectivity index (χ3n) is 2.22. The maximum absolute atomic E-state index is 11.7. The highest BCUT2D eigenvalue weighted by atomic mass is 32.2. The van der Waals surface area contributed by atoms with Crippen molar-refractivity contribution < 1.29 is 4.79 Å². The summed E-state index contributed by atoms with van der Waals surface area (Å²) < 4.78 is 0. The highest BCUT2D eigenvalue weighted by molar-refractivity contribution is 7.99. The van der Waals surface area contributed by atoms with Gasteiger partial charge in [-0.05, 0) is 24.3 Å². The van der Waals surface area contributed by atoms with E-state index in [4.69, 9.17) is 5.73 Å². The molecule has 1 aromatic rings. The molecular formula is C12H18N2OS. The van der Waals surface area contributed by atoms with E-state index in [1.165, 1.54) is 0 Å². The van der Waals surface area contributed by atoms with Gasteiger partial charge in [0.15, 0.2) is 0 Å². The molecule has 0 aliphatic rings. The Morgan fingerprint density at radius 3 is 2.75 bits per heavy atom. The number of hydrogen-bond donors (Lipinski definition) is 2. The van der Waals surface area contributed by atoms with Crippen LogP contribution in [0.4, 0.5) is 5.69 Å². The molecular weight excluding hydrogens is 220 g/mol. The molecule has 0 radical (unpaired) electrons. The van der Waals surface area contributed by atoms with Crippen LogP contribution >= 0.6 is 11.8 Å². The molecule has 0 bridgehead atoms. The van der Waals surface area contributed by atoms with Gasteiger partial charge in [-0.3, -0.25) is 4.79 Å². The van der Waals surface area contributed by atoms with Crippen molar-refractivity contribution in [2.24, 2.45) is 5.73 Å². The van der Waals surface area contributed by atoms with Crippen LogP contribution in [0.2, 0.25) is 0 Å². The van der Waals surface area contributed by atoms with Crippen LogP contribution in [-0.4, -0.2) is 17.7 Å². The van der Waals surface area contributed by atoms with E-state index < -0.39 is 6.04 Å². The standard InChI is InChI=1S/C12H18N2OS/c1-3-9(13)12(15)14-10-7-5-6-8-11(10)16-4-2/h5-9H,3-4,13H2,1-2H3,(H,14,15). The lowest BCUT2D eigenvalue weighted by Gasteiger charge is -2.12. The van der Waals surface area contributed by atoms with Gasteiger partial charge >= 0.3 is 0 Å². The molecule has 1 amide bonds. The van der Waals surface area contributed by atoms with E-state index in [0.717, 1.165) is 16.3 Å². The molecule has 0 saturated heterocycles. The summed E-state index contributed by atoms with van der Waals surface area (Å²) in [6.45, 7) is 3.98. The quantitative estimate of drug-likeness (QED) is 0.775. The number of amides is 1. The van der Waals surface area contributed by atoms with Crippen molar-refractivity contribution in [3.63, 3.8) is 0 Å². The number of benzene rings is 1. The lowest BCUT2D eigenvalue weighted by atomic mass is 10.2. The van der Waals surface area contributed by atoms with Gasteiger partial charge < -0.3 is 11.1 Å². The predicted octanol–water partition coefficient (Wildman–Crippen LogP) is 2.47. The lowest BCUT2D eigenvalue weighted by Crippen LogP contribution is -2.34. The number of carbonyl (C=O) groups is 1. The van der Waals surface area contributed by atoms with Gasteiger partial charge in [-0.25, -0.2) is 0 Å². The number of nitrogens with one attached hydrogen (secondary N) is 1. The van der Waals surface area contributed by atoms with Crippen molar-refractivity contribution >= 4 is 23.4 Å². The summed E-state index contributed by atoms with van der Waals surface area (Å²) in [5.74, 6) is 0.860. The van der Waals surface area contributed by atoms with Crippen molar-refractivity contribution in [2.45, 2.75) is 31.2 Å². The lowest BCUT2D eigenvalue weighted by molar-refractivity contribution is -0.117. The molecule has 0 aliphatic carbocycles. The molecule has 3 N–H and O–H groups in total. The Kier molecular flexibility index (Phi) is 5.35. The molecule has 3 nitrogen and oxygen atoms in total. The van der Waals surface area contributed by atoms with Gasteiger partial charge in [-0.15, -0.1) is 11.8 Å². The number of nitrogens with two attached hydrogens (primary N) is 1. The van der Waals surface area contributed by atoms with Crippen LogP contribution in [-0.2, 0) is 4.79 Å². The van der Waals surface area contributed by atoms with Crippen molar-refractivity contribution in [1.82, 2.24) is 0 Å². The molecule has 88 valence electrons. The average Bonchev–Trinajstić information content (AvgIpc) is 2.31. The van der Waals surface area contributed by atoms with Gasteiger partial charge in [0.25, 0.3) is 0 Å². The first-order chi connectivity index (χ1) is 7.69. The molecule has 1 unspecified atom stereocenters. The van der Waals surface area contributed by atoms with E-state index in [-0.39, 0.29) is 5.91 Å². The van der Waals surface area contributed by atoms with E-state index in [1.807, 2.05) is 31.2 Å². The molecule has 0 fully saturated rings. The summed E-state index contributed by atoms with van der Waals surface area (Å²) in [5, 5.41) is 2.86. The molecule has 0 saturated carbocycles. The second kappa shape index (κ2) is 6.55. The zero-order valence-electron chi connectivity index (χ0n) is 9.69. The fraction of sp³-hybridized carbons (Fsp3) is 0.417. The summed E-state index contributed by atoms with van der Waals surface area (Å²) >= 11 is 1.71. The normalized spacial score (nSPS) is 12.2. The topological polar surface area (TPSA) is 55.1 Å². The van der Waals surface area contributed by atoms with Crippen LogP contribution in [0.1, 0.15) is 20.3 Å². The number of rotatable bonds is 5. The summed E-state index contributed by atoms with van der Waals surface area (Å²) in [4.78, 5) is 12.7. The molecule has 0 aliphatic heterocycles. The Morgan fingerprint density at radius 1 is 1.44 bits per heavy atom. The average molecular weight is 238 g/mol. The monoisotopic (exact) mass is 238 g/mol. The first-order valence-corrected chi connectivity index (χ1v) is 6.45. The first-order valence-electron chi connectivity index (χ1n) is 5.47. The largest absolute Gasteiger partial charge is 0.324 e. The Labute approximate surface area is 101 Å². The molecule has 4 heteroatoms. The van der Waals surface area contributed by atoms with E-state index in [1.54, 1.807) is 11.8 Å². The number of carbonyl (C=O) groups excluding carboxylic acids is 1. The summed E-state index contributed by atoms with van der Waals surface area (Å²) in [6.07, 6.45) is 0.648. The van der Waals surface area contributed by atoms with Crippen LogP contribution in [0.15, 0.2) is 29.2 Å². The second-order valence-corrected chi connectivity index (χ2v) is 4.74. The maximum atomic E-state index is 11.7. The van der Waals surface area contributed by atoms with Crippen LogP contribution in [0.5, 0.6) is 0 Å². The van der Waals surface area contributed by atoms with Gasteiger partial charge in [0.05, 0.1) is 11.7 Å². The third kappa shape index (κ3) is 3.54. The van der Waals surface area contributed by atoms with E-state index in [9.17, 15) is 4.79 Å². The summed E-state index contributed by atoms with van der Waals surface area (Å²) in [7, 11) is 0. The van der Waals surface area contributed by atoms with E-state index in [0.29, 0.717) is 6.42 Å². The maximum Gasteiger partial charge on any atom is 0.241 e. The van der Waals surface area contributed by atoms with Crippen LogP contribution in [0.25, 0.3) is 0 Å². The SMILES string of the molecule is CCSc1ccccc1NC(=O)C(N)CC. The Bertz CT molecular complexity index is 355. The highest BCUT2D eigenvalue weighted by Gasteiger charge is 2.12. The van der Waals surface area contributed by atoms with Gasteiger partial charge in [-0.1, -0.05) is 26.0 Å². The summed E-state index contributed by atoms with van der Waals surface area (Å²) in [6, 6.07) is 7.35.